The van der Waals surface area contributed by atoms with E-state index in [0.29, 0.717) is 30.6 Å². The lowest BCUT2D eigenvalue weighted by molar-refractivity contribution is -0.131. The van der Waals surface area contributed by atoms with Crippen molar-refractivity contribution in [3.8, 4) is 34.6 Å². The average Bonchev–Trinajstić information content (AvgIpc) is 3.17. The standard InChI is InChI=1S/C25H20ClN5O2/c1-2-3-23(32)30-14-17(15-30)16-31-25-21(12-28-13-22(25)26)24(29-31)18-4-6-19(7-5-18)33-20-8-10-27-11-9-20/h4-13,17H,14-16H2,1H3. The zero-order chi connectivity index (χ0) is 22.8. The van der Waals surface area contributed by atoms with Crippen molar-refractivity contribution in [1.29, 1.82) is 0 Å². The summed E-state index contributed by atoms with van der Waals surface area (Å²) >= 11 is 6.51. The van der Waals surface area contributed by atoms with Gasteiger partial charge in [-0.1, -0.05) is 17.5 Å². The van der Waals surface area contributed by atoms with E-state index >= 15 is 0 Å². The van der Waals surface area contributed by atoms with Crippen LogP contribution in [0.3, 0.4) is 0 Å². The van der Waals surface area contributed by atoms with Crippen LogP contribution in [0.1, 0.15) is 6.92 Å². The quantitative estimate of drug-likeness (QED) is 0.415. The van der Waals surface area contributed by atoms with Gasteiger partial charge in [0.25, 0.3) is 5.91 Å². The van der Waals surface area contributed by atoms with Gasteiger partial charge in [-0.05, 0) is 49.2 Å². The molecule has 0 N–H and O–H groups in total. The van der Waals surface area contributed by atoms with Gasteiger partial charge in [-0.15, -0.1) is 0 Å². The Hall–Kier alpha value is -3.89. The van der Waals surface area contributed by atoms with Crippen molar-refractivity contribution in [2.45, 2.75) is 13.5 Å². The number of fused-ring (bicyclic) bond motifs is 1. The number of carbonyl (C=O) groups is 1. The lowest BCUT2D eigenvalue weighted by Crippen LogP contribution is -2.51. The molecule has 1 aromatic carbocycles. The molecule has 1 amide bonds. The lowest BCUT2D eigenvalue weighted by atomic mass is 10.00. The molecule has 7 nitrogen and oxygen atoms in total. The maximum atomic E-state index is 11.9. The molecule has 0 bridgehead atoms. The maximum absolute atomic E-state index is 11.9. The summed E-state index contributed by atoms with van der Waals surface area (Å²) in [6.45, 7) is 3.65. The van der Waals surface area contributed by atoms with E-state index in [1.54, 1.807) is 48.7 Å². The second kappa shape index (κ2) is 8.93. The molecule has 8 heteroatoms. The van der Waals surface area contributed by atoms with Crippen LogP contribution in [0, 0.1) is 17.8 Å². The third kappa shape index (κ3) is 4.26. The van der Waals surface area contributed by atoms with Crippen LogP contribution in [0.2, 0.25) is 5.02 Å². The van der Waals surface area contributed by atoms with Gasteiger partial charge in [-0.25, -0.2) is 0 Å². The Morgan fingerprint density at radius 3 is 2.55 bits per heavy atom. The van der Waals surface area contributed by atoms with Gasteiger partial charge in [0.2, 0.25) is 0 Å². The van der Waals surface area contributed by atoms with Gasteiger partial charge in [0, 0.05) is 61.3 Å². The minimum Gasteiger partial charge on any atom is -0.457 e. The van der Waals surface area contributed by atoms with E-state index in [1.807, 2.05) is 28.9 Å². The highest BCUT2D eigenvalue weighted by Gasteiger charge is 2.31. The molecule has 5 rings (SSSR count). The summed E-state index contributed by atoms with van der Waals surface area (Å²) in [7, 11) is 0. The molecule has 33 heavy (non-hydrogen) atoms. The number of aromatic nitrogens is 4. The number of halogens is 1. The first-order chi connectivity index (χ1) is 16.1. The Balaban J connectivity index is 1.39. The summed E-state index contributed by atoms with van der Waals surface area (Å²) < 4.78 is 7.79. The summed E-state index contributed by atoms with van der Waals surface area (Å²) in [5, 5.41) is 6.31. The molecule has 0 unspecified atom stereocenters. The molecule has 1 saturated heterocycles. The molecule has 3 aromatic heterocycles. The number of rotatable bonds is 5. The van der Waals surface area contributed by atoms with Crippen molar-refractivity contribution in [2.75, 3.05) is 13.1 Å². The number of likely N-dealkylation sites (tertiary alicyclic amines) is 1. The van der Waals surface area contributed by atoms with E-state index < -0.39 is 0 Å². The monoisotopic (exact) mass is 457 g/mol. The molecule has 164 valence electrons. The fourth-order valence-corrected chi connectivity index (χ4v) is 4.19. The highest BCUT2D eigenvalue weighted by molar-refractivity contribution is 6.35. The molecule has 0 saturated carbocycles. The number of carbonyl (C=O) groups excluding carboxylic acids is 1. The van der Waals surface area contributed by atoms with Crippen molar-refractivity contribution in [3.05, 3.63) is 66.2 Å². The topological polar surface area (TPSA) is 73.1 Å². The molecule has 1 fully saturated rings. The lowest BCUT2D eigenvalue weighted by Gasteiger charge is -2.38. The molecular formula is C25H20ClN5O2. The zero-order valence-corrected chi connectivity index (χ0v) is 18.7. The van der Waals surface area contributed by atoms with Gasteiger partial charge in [0.05, 0.1) is 10.5 Å². The van der Waals surface area contributed by atoms with Crippen LogP contribution in [0.15, 0.2) is 61.2 Å². The van der Waals surface area contributed by atoms with Crippen LogP contribution in [-0.4, -0.2) is 43.6 Å². The molecule has 4 heterocycles. The Bertz CT molecular complexity index is 1370. The predicted molar refractivity (Wildman–Crippen MR) is 126 cm³/mol. The Labute approximate surface area is 196 Å². The Kier molecular flexibility index (Phi) is 5.68. The summed E-state index contributed by atoms with van der Waals surface area (Å²) in [6.07, 6.45) is 6.79. The van der Waals surface area contributed by atoms with Crippen molar-refractivity contribution in [2.24, 2.45) is 5.92 Å². The normalized spacial score (nSPS) is 13.3. The number of hydrogen-bond acceptors (Lipinski definition) is 5. The van der Waals surface area contributed by atoms with Gasteiger partial charge in [0.1, 0.15) is 17.2 Å². The third-order valence-electron chi connectivity index (χ3n) is 5.53. The molecule has 0 spiro atoms. The third-order valence-corrected chi connectivity index (χ3v) is 5.80. The van der Waals surface area contributed by atoms with Gasteiger partial charge in [0.15, 0.2) is 0 Å². The van der Waals surface area contributed by atoms with E-state index in [9.17, 15) is 4.79 Å². The SMILES string of the molecule is CC#CC(=O)N1CC(Cn2nc(-c3ccc(Oc4ccncc4)cc3)c3cncc(Cl)c32)C1. The minimum atomic E-state index is -0.129. The van der Waals surface area contributed by atoms with E-state index in [4.69, 9.17) is 21.4 Å². The molecule has 4 aromatic rings. The smallest absolute Gasteiger partial charge is 0.298 e. The van der Waals surface area contributed by atoms with Gasteiger partial charge in [-0.3, -0.25) is 19.4 Å². The molecule has 1 aliphatic rings. The van der Waals surface area contributed by atoms with Gasteiger partial charge >= 0.3 is 0 Å². The molecule has 0 atom stereocenters. The number of amides is 1. The van der Waals surface area contributed by atoms with E-state index in [0.717, 1.165) is 33.7 Å². The molecule has 1 aliphatic heterocycles. The van der Waals surface area contributed by atoms with Crippen molar-refractivity contribution >= 4 is 28.4 Å². The Morgan fingerprint density at radius 2 is 1.82 bits per heavy atom. The first kappa shape index (κ1) is 21.0. The van der Waals surface area contributed by atoms with Crippen molar-refractivity contribution in [1.82, 2.24) is 24.6 Å². The van der Waals surface area contributed by atoms with Crippen LogP contribution in [0.5, 0.6) is 11.5 Å². The number of pyridine rings is 2. The zero-order valence-electron chi connectivity index (χ0n) is 17.9. The van der Waals surface area contributed by atoms with Crippen LogP contribution in [-0.2, 0) is 11.3 Å². The Morgan fingerprint density at radius 1 is 1.09 bits per heavy atom. The summed E-state index contributed by atoms with van der Waals surface area (Å²) in [6, 6.07) is 11.4. The van der Waals surface area contributed by atoms with Gasteiger partial charge in [-0.2, -0.15) is 5.10 Å². The maximum Gasteiger partial charge on any atom is 0.298 e. The minimum absolute atomic E-state index is 0.129. The highest BCUT2D eigenvalue weighted by Crippen LogP contribution is 2.34. The number of hydrogen-bond donors (Lipinski definition) is 0. The van der Waals surface area contributed by atoms with E-state index in [2.05, 4.69) is 21.8 Å². The van der Waals surface area contributed by atoms with Crippen LogP contribution >= 0.6 is 11.6 Å². The van der Waals surface area contributed by atoms with E-state index in [-0.39, 0.29) is 5.91 Å². The average molecular weight is 458 g/mol. The van der Waals surface area contributed by atoms with Crippen LogP contribution in [0.25, 0.3) is 22.2 Å². The molecule has 0 aliphatic carbocycles. The fraction of sp³-hybridized carbons (Fsp3) is 0.200. The second-order valence-electron chi connectivity index (χ2n) is 7.81. The largest absolute Gasteiger partial charge is 0.457 e. The first-order valence-corrected chi connectivity index (χ1v) is 10.9. The highest BCUT2D eigenvalue weighted by atomic mass is 35.5. The molecular weight excluding hydrogens is 438 g/mol. The first-order valence-electron chi connectivity index (χ1n) is 10.5. The summed E-state index contributed by atoms with van der Waals surface area (Å²) in [4.78, 5) is 21.9. The van der Waals surface area contributed by atoms with Crippen LogP contribution < -0.4 is 4.74 Å². The van der Waals surface area contributed by atoms with E-state index in [1.165, 1.54) is 0 Å². The van der Waals surface area contributed by atoms with Crippen LogP contribution in [0.4, 0.5) is 0 Å². The summed E-state index contributed by atoms with van der Waals surface area (Å²) in [5.74, 6) is 6.86. The second-order valence-corrected chi connectivity index (χ2v) is 8.22. The number of benzene rings is 1. The van der Waals surface area contributed by atoms with Crippen molar-refractivity contribution in [3.63, 3.8) is 0 Å². The predicted octanol–water partition coefficient (Wildman–Crippen LogP) is 4.42. The fourth-order valence-electron chi connectivity index (χ4n) is 3.94. The van der Waals surface area contributed by atoms with Crippen molar-refractivity contribution < 1.29 is 9.53 Å². The number of nitrogens with zero attached hydrogens (tertiary/aromatic N) is 5. The van der Waals surface area contributed by atoms with Gasteiger partial charge < -0.3 is 9.64 Å². The summed E-state index contributed by atoms with van der Waals surface area (Å²) in [5.41, 5.74) is 2.59. The number of ether oxygens (including phenoxy) is 1. The molecule has 0 radical (unpaired) electrons.